The van der Waals surface area contributed by atoms with Crippen LogP contribution in [-0.2, 0) is 4.74 Å². The first-order chi connectivity index (χ1) is 15.2. The van der Waals surface area contributed by atoms with Crippen molar-refractivity contribution in [3.05, 3.63) is 42.0 Å². The fraction of sp³-hybridized carbons (Fsp3) is 0.478. The topological polar surface area (TPSA) is 112 Å². The first-order valence-corrected chi connectivity index (χ1v) is 10.7. The number of ether oxygens (including phenoxy) is 1. The summed E-state index contributed by atoms with van der Waals surface area (Å²) in [7, 11) is 0. The molecule has 0 unspecified atom stereocenters. The van der Waals surface area contributed by atoms with Crippen molar-refractivity contribution in [2.24, 2.45) is 5.92 Å². The second kappa shape index (κ2) is 9.81. The minimum absolute atomic E-state index is 0.0247. The summed E-state index contributed by atoms with van der Waals surface area (Å²) in [6.45, 7) is 7.36. The van der Waals surface area contributed by atoms with E-state index in [1.807, 2.05) is 13.0 Å². The van der Waals surface area contributed by atoms with Crippen LogP contribution in [0.25, 0.3) is 0 Å². The quantitative estimate of drug-likeness (QED) is 0.544. The Morgan fingerprint density at radius 1 is 1.38 bits per heavy atom. The summed E-state index contributed by atoms with van der Waals surface area (Å²) in [6.07, 6.45) is 5.29. The number of carbonyl (C=O) groups is 1. The molecule has 0 aliphatic heterocycles. The summed E-state index contributed by atoms with van der Waals surface area (Å²) in [4.78, 5) is 20.7. The summed E-state index contributed by atoms with van der Waals surface area (Å²) in [5.74, 6) is -0.0960. The number of halogens is 1. The van der Waals surface area contributed by atoms with Crippen LogP contribution in [0.3, 0.4) is 0 Å². The van der Waals surface area contributed by atoms with E-state index in [1.165, 1.54) is 0 Å². The van der Waals surface area contributed by atoms with Crippen LogP contribution in [0, 0.1) is 23.1 Å². The lowest BCUT2D eigenvalue weighted by Gasteiger charge is -2.30. The highest BCUT2D eigenvalue weighted by molar-refractivity contribution is 5.68. The van der Waals surface area contributed by atoms with Gasteiger partial charge in [0.2, 0.25) is 0 Å². The molecule has 0 saturated heterocycles. The van der Waals surface area contributed by atoms with E-state index < -0.39 is 17.5 Å². The number of pyridine rings is 2. The number of hydrogen-bond donors (Lipinski definition) is 3. The molecule has 2 aromatic heterocycles. The van der Waals surface area contributed by atoms with Crippen molar-refractivity contribution in [3.8, 4) is 6.07 Å². The number of carbonyl (C=O) groups excluding carboxylic acids is 1. The number of aromatic nitrogens is 2. The molecule has 1 amide bonds. The van der Waals surface area contributed by atoms with E-state index in [2.05, 4.69) is 25.9 Å². The summed E-state index contributed by atoms with van der Waals surface area (Å²) in [6, 6.07) is 6.14. The second-order valence-electron chi connectivity index (χ2n) is 8.86. The molecule has 1 aliphatic carbocycles. The third-order valence-electron chi connectivity index (χ3n) is 5.03. The number of nitrogens with one attached hydrogen (secondary N) is 3. The lowest BCUT2D eigenvalue weighted by molar-refractivity contribution is 0.0495. The fourth-order valence-corrected chi connectivity index (χ4v) is 3.41. The zero-order valence-corrected chi connectivity index (χ0v) is 18.8. The predicted molar refractivity (Wildman–Crippen MR) is 120 cm³/mol. The summed E-state index contributed by atoms with van der Waals surface area (Å²) in [5, 5.41) is 18.5. The Morgan fingerprint density at radius 3 is 2.69 bits per heavy atom. The van der Waals surface area contributed by atoms with Crippen LogP contribution in [-0.4, -0.2) is 33.7 Å². The maximum absolute atomic E-state index is 14.8. The smallest absolute Gasteiger partial charge is 0.407 e. The molecule has 0 spiro atoms. The lowest BCUT2D eigenvalue weighted by atomic mass is 10.0. The average molecular weight is 441 g/mol. The zero-order chi connectivity index (χ0) is 23.3. The van der Waals surface area contributed by atoms with E-state index in [9.17, 15) is 14.4 Å². The third kappa shape index (κ3) is 6.30. The van der Waals surface area contributed by atoms with Crippen LogP contribution < -0.4 is 16.0 Å². The number of anilines is 3. The van der Waals surface area contributed by atoms with Gasteiger partial charge >= 0.3 is 6.09 Å². The summed E-state index contributed by atoms with van der Waals surface area (Å²) >= 11 is 0. The molecule has 32 heavy (non-hydrogen) atoms. The van der Waals surface area contributed by atoms with Crippen LogP contribution >= 0.6 is 0 Å². The molecule has 2 heterocycles. The SMILES string of the molecule is CC[C@H](NC(=O)OC(C)(C)C)[C@H](Nc1nc(Nc2cccnc2)c(C#N)cc1F)C1CC1. The number of amides is 1. The van der Waals surface area contributed by atoms with Crippen molar-refractivity contribution in [1.29, 1.82) is 5.26 Å². The first-order valence-electron chi connectivity index (χ1n) is 10.7. The molecular formula is C23H29FN6O2. The molecule has 9 heteroatoms. The monoisotopic (exact) mass is 440 g/mol. The van der Waals surface area contributed by atoms with Crippen LogP contribution in [0.2, 0.25) is 0 Å². The van der Waals surface area contributed by atoms with E-state index in [0.717, 1.165) is 18.9 Å². The lowest BCUT2D eigenvalue weighted by Crippen LogP contribution is -2.49. The van der Waals surface area contributed by atoms with Crippen molar-refractivity contribution < 1.29 is 13.9 Å². The van der Waals surface area contributed by atoms with Gasteiger partial charge in [-0.05, 0) is 64.2 Å². The van der Waals surface area contributed by atoms with E-state index in [1.54, 1.807) is 45.3 Å². The summed E-state index contributed by atoms with van der Waals surface area (Å²) < 4.78 is 20.2. The minimum atomic E-state index is -0.629. The third-order valence-corrected chi connectivity index (χ3v) is 5.03. The maximum Gasteiger partial charge on any atom is 0.407 e. The van der Waals surface area contributed by atoms with Crippen LogP contribution in [0.15, 0.2) is 30.6 Å². The maximum atomic E-state index is 14.8. The first kappa shape index (κ1) is 23.3. The van der Waals surface area contributed by atoms with Gasteiger partial charge in [0.05, 0.1) is 29.5 Å². The average Bonchev–Trinajstić information content (AvgIpc) is 3.57. The van der Waals surface area contributed by atoms with Gasteiger partial charge in [0.25, 0.3) is 0 Å². The molecule has 3 rings (SSSR count). The van der Waals surface area contributed by atoms with Gasteiger partial charge in [0.1, 0.15) is 11.7 Å². The Kier molecular flexibility index (Phi) is 7.13. The molecule has 0 radical (unpaired) electrons. The highest BCUT2D eigenvalue weighted by Gasteiger charge is 2.38. The van der Waals surface area contributed by atoms with Gasteiger partial charge in [-0.1, -0.05) is 6.92 Å². The standard InChI is InChI=1S/C23H29FN6O2/c1-5-18(28-22(31)32-23(2,3)4)19(14-8-9-14)29-21-17(24)11-15(12-25)20(30-21)27-16-7-6-10-26-13-16/h6-7,10-11,13-14,18-19H,5,8-9H2,1-4H3,(H,28,31)(H2,27,29,30)/t18-,19+/m0/s1. The minimum Gasteiger partial charge on any atom is -0.444 e. The van der Waals surface area contributed by atoms with Gasteiger partial charge in [0.15, 0.2) is 17.5 Å². The van der Waals surface area contributed by atoms with Crippen molar-refractivity contribution in [3.63, 3.8) is 0 Å². The van der Waals surface area contributed by atoms with Gasteiger partial charge in [-0.3, -0.25) is 4.98 Å². The highest BCUT2D eigenvalue weighted by Crippen LogP contribution is 2.37. The Bertz CT molecular complexity index is 982. The van der Waals surface area contributed by atoms with E-state index in [4.69, 9.17) is 4.74 Å². The van der Waals surface area contributed by atoms with Gasteiger partial charge in [-0.15, -0.1) is 0 Å². The molecule has 0 aromatic carbocycles. The number of alkyl carbamates (subject to hydrolysis) is 1. The molecule has 8 nitrogen and oxygen atoms in total. The molecule has 0 bridgehead atoms. The fourth-order valence-electron chi connectivity index (χ4n) is 3.41. The Morgan fingerprint density at radius 2 is 2.12 bits per heavy atom. The Labute approximate surface area is 187 Å². The second-order valence-corrected chi connectivity index (χ2v) is 8.86. The van der Waals surface area contributed by atoms with Crippen LogP contribution in [0.1, 0.15) is 52.5 Å². The molecule has 2 atom stereocenters. The summed E-state index contributed by atoms with van der Waals surface area (Å²) in [5.41, 5.74) is 0.100. The number of rotatable bonds is 8. The number of hydrogen-bond acceptors (Lipinski definition) is 7. The van der Waals surface area contributed by atoms with Gasteiger partial charge in [-0.25, -0.2) is 14.2 Å². The molecule has 1 saturated carbocycles. The van der Waals surface area contributed by atoms with Gasteiger partial charge in [-0.2, -0.15) is 5.26 Å². The number of nitriles is 1. The molecule has 1 aliphatic rings. The van der Waals surface area contributed by atoms with Gasteiger partial charge < -0.3 is 20.7 Å². The van der Waals surface area contributed by atoms with Crippen LogP contribution in [0.5, 0.6) is 0 Å². The Balaban J connectivity index is 1.83. The van der Waals surface area contributed by atoms with E-state index in [0.29, 0.717) is 12.1 Å². The zero-order valence-electron chi connectivity index (χ0n) is 18.8. The van der Waals surface area contributed by atoms with Crippen molar-refractivity contribution >= 4 is 23.4 Å². The highest BCUT2D eigenvalue weighted by atomic mass is 19.1. The Hall–Kier alpha value is -3.41. The van der Waals surface area contributed by atoms with Crippen molar-refractivity contribution in [2.75, 3.05) is 10.6 Å². The van der Waals surface area contributed by atoms with E-state index >= 15 is 0 Å². The largest absolute Gasteiger partial charge is 0.444 e. The molecule has 170 valence electrons. The van der Waals surface area contributed by atoms with Crippen molar-refractivity contribution in [2.45, 2.75) is 64.6 Å². The van der Waals surface area contributed by atoms with E-state index in [-0.39, 0.29) is 35.2 Å². The van der Waals surface area contributed by atoms with Crippen molar-refractivity contribution in [1.82, 2.24) is 15.3 Å². The number of nitrogens with zero attached hydrogens (tertiary/aromatic N) is 3. The molecule has 3 N–H and O–H groups in total. The predicted octanol–water partition coefficient (Wildman–Crippen LogP) is 4.72. The molecular weight excluding hydrogens is 411 g/mol. The molecule has 1 fully saturated rings. The molecule has 2 aromatic rings. The normalized spacial score (nSPS) is 15.2. The van der Waals surface area contributed by atoms with Gasteiger partial charge in [0, 0.05) is 6.20 Å². The van der Waals surface area contributed by atoms with Crippen LogP contribution in [0.4, 0.5) is 26.5 Å².